The first-order chi connectivity index (χ1) is 12.2. The van der Waals surface area contributed by atoms with Crippen molar-refractivity contribution >= 4 is 61.4 Å². The maximum Gasteiger partial charge on any atom is 0.261 e. The van der Waals surface area contributed by atoms with Crippen molar-refractivity contribution in [3.8, 4) is 5.75 Å². The fourth-order valence-electron chi connectivity index (χ4n) is 2.28. The third-order valence-corrected chi connectivity index (χ3v) is 5.39. The first-order valence-electron chi connectivity index (χ1n) is 7.69. The number of primary amides is 1. The van der Waals surface area contributed by atoms with E-state index in [0.717, 1.165) is 14.9 Å². The van der Waals surface area contributed by atoms with Gasteiger partial charge < -0.3 is 15.8 Å². The van der Waals surface area contributed by atoms with Gasteiger partial charge in [0.05, 0.1) is 17.7 Å². The summed E-state index contributed by atoms with van der Waals surface area (Å²) in [6.45, 7) is 5.97. The molecule has 0 atom stereocenters. The molecule has 0 saturated heterocycles. The van der Waals surface area contributed by atoms with E-state index in [4.69, 9.17) is 22.7 Å². The number of thiocarbonyl (C=S) groups is 1. The zero-order valence-corrected chi connectivity index (χ0v) is 17.7. The molecule has 2 rings (SSSR count). The maximum absolute atomic E-state index is 12.6. The summed E-state index contributed by atoms with van der Waals surface area (Å²) in [6, 6.07) is 5.14. The van der Waals surface area contributed by atoms with Crippen LogP contribution in [0.5, 0.6) is 5.75 Å². The number of halogens is 1. The summed E-state index contributed by atoms with van der Waals surface area (Å²) < 4.78 is 6.22. The van der Waals surface area contributed by atoms with Gasteiger partial charge in [-0.1, -0.05) is 15.9 Å². The molecular weight excluding hydrogens is 438 g/mol. The second-order valence-electron chi connectivity index (χ2n) is 5.33. The highest BCUT2D eigenvalue weighted by atomic mass is 79.9. The van der Waals surface area contributed by atoms with Gasteiger partial charge in [0, 0.05) is 9.35 Å². The van der Waals surface area contributed by atoms with Crippen molar-refractivity contribution in [1.29, 1.82) is 0 Å². The normalized spacial score (nSPS) is 10.3. The molecule has 138 valence electrons. The van der Waals surface area contributed by atoms with Crippen LogP contribution in [0.2, 0.25) is 0 Å². The van der Waals surface area contributed by atoms with Crippen LogP contribution in [-0.4, -0.2) is 23.5 Å². The van der Waals surface area contributed by atoms with Crippen LogP contribution in [0.25, 0.3) is 0 Å². The second kappa shape index (κ2) is 8.61. The van der Waals surface area contributed by atoms with Crippen molar-refractivity contribution in [3.05, 3.63) is 44.2 Å². The van der Waals surface area contributed by atoms with Gasteiger partial charge in [0.15, 0.2) is 5.11 Å². The largest absolute Gasteiger partial charge is 0.493 e. The molecule has 2 aromatic rings. The lowest BCUT2D eigenvalue weighted by Gasteiger charge is -2.12. The summed E-state index contributed by atoms with van der Waals surface area (Å²) in [5.41, 5.74) is 6.96. The number of amides is 2. The molecule has 2 amide bonds. The van der Waals surface area contributed by atoms with Gasteiger partial charge in [0.2, 0.25) is 0 Å². The second-order valence-corrected chi connectivity index (χ2v) is 7.88. The highest BCUT2D eigenvalue weighted by molar-refractivity contribution is 9.10. The predicted molar refractivity (Wildman–Crippen MR) is 111 cm³/mol. The summed E-state index contributed by atoms with van der Waals surface area (Å²) in [4.78, 5) is 25.2. The Morgan fingerprint density at radius 1 is 1.35 bits per heavy atom. The molecule has 6 nitrogen and oxygen atoms in total. The van der Waals surface area contributed by atoms with E-state index in [2.05, 4.69) is 26.6 Å². The van der Waals surface area contributed by atoms with Crippen LogP contribution in [0.3, 0.4) is 0 Å². The van der Waals surface area contributed by atoms with E-state index in [1.807, 2.05) is 20.8 Å². The Balaban J connectivity index is 2.19. The Labute approximate surface area is 169 Å². The van der Waals surface area contributed by atoms with Crippen molar-refractivity contribution in [2.75, 3.05) is 11.9 Å². The van der Waals surface area contributed by atoms with Gasteiger partial charge in [-0.25, -0.2) is 0 Å². The highest BCUT2D eigenvalue weighted by Gasteiger charge is 2.20. The molecule has 0 aliphatic rings. The molecule has 0 bridgehead atoms. The summed E-state index contributed by atoms with van der Waals surface area (Å²) in [6.07, 6.45) is 0. The summed E-state index contributed by atoms with van der Waals surface area (Å²) in [5.74, 6) is -0.511. The number of rotatable bonds is 5. The summed E-state index contributed by atoms with van der Waals surface area (Å²) >= 11 is 9.90. The fraction of sp³-hybridized carbons (Fsp3) is 0.235. The van der Waals surface area contributed by atoms with Gasteiger partial charge in [-0.05, 0) is 56.8 Å². The molecule has 1 aromatic carbocycles. The molecule has 9 heteroatoms. The zero-order chi connectivity index (χ0) is 19.4. The molecule has 1 heterocycles. The lowest BCUT2D eigenvalue weighted by Crippen LogP contribution is -2.34. The molecule has 0 aliphatic carbocycles. The van der Waals surface area contributed by atoms with Crippen molar-refractivity contribution in [3.63, 3.8) is 0 Å². The summed E-state index contributed by atoms with van der Waals surface area (Å²) in [5, 5.41) is 6.07. The van der Waals surface area contributed by atoms with Gasteiger partial charge >= 0.3 is 0 Å². The lowest BCUT2D eigenvalue weighted by atomic mass is 10.1. The van der Waals surface area contributed by atoms with Gasteiger partial charge in [0.25, 0.3) is 11.8 Å². The lowest BCUT2D eigenvalue weighted by molar-refractivity contribution is 0.0972. The molecule has 0 spiro atoms. The first-order valence-corrected chi connectivity index (χ1v) is 9.70. The van der Waals surface area contributed by atoms with Gasteiger partial charge in [0.1, 0.15) is 10.8 Å². The van der Waals surface area contributed by atoms with E-state index in [9.17, 15) is 9.59 Å². The van der Waals surface area contributed by atoms with Crippen LogP contribution in [-0.2, 0) is 0 Å². The van der Waals surface area contributed by atoms with Crippen LogP contribution in [0.15, 0.2) is 22.7 Å². The molecule has 0 saturated carbocycles. The number of thiophene rings is 1. The summed E-state index contributed by atoms with van der Waals surface area (Å²) in [7, 11) is 0. The van der Waals surface area contributed by atoms with E-state index in [1.165, 1.54) is 11.3 Å². The Morgan fingerprint density at radius 3 is 2.65 bits per heavy atom. The molecule has 0 aliphatic heterocycles. The number of ether oxygens (including phenoxy) is 1. The zero-order valence-electron chi connectivity index (χ0n) is 14.4. The van der Waals surface area contributed by atoms with E-state index < -0.39 is 11.8 Å². The SMILES string of the molecule is CCOc1ccc(Br)cc1C(=O)NC(=S)Nc1sc(C)c(C)c1C(N)=O. The molecule has 4 N–H and O–H groups in total. The maximum atomic E-state index is 12.6. The van der Waals surface area contributed by atoms with E-state index in [0.29, 0.717) is 28.5 Å². The Morgan fingerprint density at radius 2 is 2.04 bits per heavy atom. The fourth-order valence-corrected chi connectivity index (χ4v) is 3.97. The number of nitrogens with two attached hydrogens (primary N) is 1. The van der Waals surface area contributed by atoms with Gasteiger partial charge in [-0.3, -0.25) is 14.9 Å². The smallest absolute Gasteiger partial charge is 0.261 e. The molecule has 26 heavy (non-hydrogen) atoms. The third-order valence-electron chi connectivity index (χ3n) is 3.57. The minimum absolute atomic E-state index is 0.0705. The van der Waals surface area contributed by atoms with E-state index in [-0.39, 0.29) is 5.11 Å². The Bertz CT molecular complexity index is 880. The standard InChI is InChI=1S/C17H18BrN3O3S2/c1-4-24-12-6-5-10(18)7-11(12)15(23)20-17(25)21-16-13(14(19)22)8(2)9(3)26-16/h5-7H,4H2,1-3H3,(H2,19,22)(H2,20,21,23,25). The van der Waals surface area contributed by atoms with Gasteiger partial charge in [-0.15, -0.1) is 11.3 Å². The van der Waals surface area contributed by atoms with Crippen LogP contribution in [0.1, 0.15) is 38.1 Å². The van der Waals surface area contributed by atoms with E-state index >= 15 is 0 Å². The highest BCUT2D eigenvalue weighted by Crippen LogP contribution is 2.32. The average Bonchev–Trinajstić information content (AvgIpc) is 2.83. The van der Waals surface area contributed by atoms with Crippen LogP contribution >= 0.6 is 39.5 Å². The minimum Gasteiger partial charge on any atom is -0.493 e. The van der Waals surface area contributed by atoms with Crippen LogP contribution < -0.4 is 21.1 Å². The molecule has 0 radical (unpaired) electrons. The number of carbonyl (C=O) groups excluding carboxylic acids is 2. The molecule has 0 unspecified atom stereocenters. The van der Waals surface area contributed by atoms with Crippen LogP contribution in [0, 0.1) is 13.8 Å². The first kappa shape index (κ1) is 20.3. The van der Waals surface area contributed by atoms with Gasteiger partial charge in [-0.2, -0.15) is 0 Å². The quantitative estimate of drug-likeness (QED) is 0.596. The van der Waals surface area contributed by atoms with Crippen molar-refractivity contribution in [1.82, 2.24) is 5.32 Å². The van der Waals surface area contributed by atoms with Crippen molar-refractivity contribution < 1.29 is 14.3 Å². The third kappa shape index (κ3) is 4.60. The predicted octanol–water partition coefficient (Wildman–Crippen LogP) is 3.75. The number of anilines is 1. The minimum atomic E-state index is -0.547. The average molecular weight is 456 g/mol. The topological polar surface area (TPSA) is 93.4 Å². The monoisotopic (exact) mass is 455 g/mol. The molecule has 0 fully saturated rings. The number of benzene rings is 1. The molecular formula is C17H18BrN3O3S2. The number of aryl methyl sites for hydroxylation is 1. The van der Waals surface area contributed by atoms with Crippen molar-refractivity contribution in [2.45, 2.75) is 20.8 Å². The van der Waals surface area contributed by atoms with E-state index in [1.54, 1.807) is 18.2 Å². The Kier molecular flexibility index (Phi) is 6.74. The number of nitrogens with one attached hydrogen (secondary N) is 2. The van der Waals surface area contributed by atoms with Crippen molar-refractivity contribution in [2.24, 2.45) is 5.73 Å². The number of hydrogen-bond donors (Lipinski definition) is 3. The molecule has 1 aromatic heterocycles. The Hall–Kier alpha value is -1.97. The number of hydrogen-bond acceptors (Lipinski definition) is 5. The van der Waals surface area contributed by atoms with Crippen LogP contribution in [0.4, 0.5) is 5.00 Å². The number of carbonyl (C=O) groups is 2.